The second-order valence-electron chi connectivity index (χ2n) is 4.55. The van der Waals surface area contributed by atoms with Crippen molar-refractivity contribution in [1.82, 2.24) is 0 Å². The number of methoxy groups -OCH3 is 4. The van der Waals surface area contributed by atoms with E-state index in [-0.39, 0.29) is 24.9 Å². The summed E-state index contributed by atoms with van der Waals surface area (Å²) in [6.07, 6.45) is -1.38. The first-order valence-corrected chi connectivity index (χ1v) is 6.68. The number of ether oxygens (including phenoxy) is 6. The zero-order chi connectivity index (χ0) is 15.0. The van der Waals surface area contributed by atoms with Crippen molar-refractivity contribution in [2.45, 2.75) is 37.1 Å². The van der Waals surface area contributed by atoms with Crippen LogP contribution < -0.4 is 0 Å². The average Bonchev–Trinajstić information content (AvgIpc) is 2.47. The van der Waals surface area contributed by atoms with E-state index in [1.165, 1.54) is 0 Å². The second-order valence-corrected chi connectivity index (χ2v) is 4.55. The molecule has 1 rings (SSSR count). The van der Waals surface area contributed by atoms with Gasteiger partial charge in [0.05, 0.1) is 13.2 Å². The molecule has 0 spiro atoms. The van der Waals surface area contributed by atoms with Crippen molar-refractivity contribution >= 4 is 0 Å². The van der Waals surface area contributed by atoms with Gasteiger partial charge in [-0.05, 0) is 6.42 Å². The molecule has 20 heavy (non-hydrogen) atoms. The van der Waals surface area contributed by atoms with Gasteiger partial charge in [0.15, 0.2) is 6.29 Å². The van der Waals surface area contributed by atoms with E-state index in [0.717, 1.165) is 0 Å². The lowest BCUT2D eigenvalue weighted by Crippen LogP contribution is -2.61. The van der Waals surface area contributed by atoms with E-state index in [1.807, 2.05) is 0 Å². The molecule has 1 aliphatic rings. The fourth-order valence-corrected chi connectivity index (χ4v) is 2.38. The molecular formula is C13H26O7. The van der Waals surface area contributed by atoms with Gasteiger partial charge in [0.25, 0.3) is 0 Å². The lowest BCUT2D eigenvalue weighted by Gasteiger charge is -2.44. The molecule has 0 unspecified atom stereocenters. The summed E-state index contributed by atoms with van der Waals surface area (Å²) in [5, 5.41) is 8.82. The van der Waals surface area contributed by atoms with Gasteiger partial charge in [-0.1, -0.05) is 0 Å². The monoisotopic (exact) mass is 294 g/mol. The third kappa shape index (κ3) is 4.36. The van der Waals surface area contributed by atoms with Crippen LogP contribution in [-0.2, 0) is 28.4 Å². The topological polar surface area (TPSA) is 75.6 Å². The van der Waals surface area contributed by atoms with Crippen LogP contribution in [0.2, 0.25) is 0 Å². The van der Waals surface area contributed by atoms with Crippen LogP contribution in [0.1, 0.15) is 6.42 Å². The molecule has 0 bridgehead atoms. The van der Waals surface area contributed by atoms with Gasteiger partial charge in [0.1, 0.15) is 24.4 Å². The van der Waals surface area contributed by atoms with E-state index in [2.05, 4.69) is 0 Å². The number of hydrogen-bond acceptors (Lipinski definition) is 7. The molecule has 1 saturated heterocycles. The SMILES string of the molecule is COC[C@H]1O[C@@H](OCCCO)[C@@H](OC)[C@@H](OC)[C@@H]1OC. The van der Waals surface area contributed by atoms with Crippen LogP contribution in [-0.4, -0.2) is 84.1 Å². The minimum Gasteiger partial charge on any atom is -0.396 e. The lowest BCUT2D eigenvalue weighted by molar-refractivity contribution is -0.313. The van der Waals surface area contributed by atoms with Crippen molar-refractivity contribution in [3.8, 4) is 0 Å². The van der Waals surface area contributed by atoms with E-state index in [4.69, 9.17) is 33.5 Å². The van der Waals surface area contributed by atoms with Crippen LogP contribution in [0.4, 0.5) is 0 Å². The van der Waals surface area contributed by atoms with Crippen LogP contribution in [0.5, 0.6) is 0 Å². The standard InChI is InChI=1S/C13H26O7/c1-15-8-9-10(16-2)11(17-3)12(18-4)13(20-9)19-7-5-6-14/h9-14H,5-8H2,1-4H3/t9-,10-,11+,12+,13-/m1/s1. The molecule has 0 aliphatic carbocycles. The second kappa shape index (κ2) is 9.62. The summed E-state index contributed by atoms with van der Waals surface area (Å²) >= 11 is 0. The Morgan fingerprint density at radius 1 is 0.950 bits per heavy atom. The molecule has 0 amide bonds. The quantitative estimate of drug-likeness (QED) is 0.590. The maximum absolute atomic E-state index is 8.82. The normalized spacial score (nSPS) is 34.4. The summed E-state index contributed by atoms with van der Waals surface area (Å²) in [4.78, 5) is 0. The highest BCUT2D eigenvalue weighted by molar-refractivity contribution is 4.92. The van der Waals surface area contributed by atoms with Crippen LogP contribution >= 0.6 is 0 Å². The number of aliphatic hydroxyl groups excluding tert-OH is 1. The van der Waals surface area contributed by atoms with E-state index >= 15 is 0 Å². The molecule has 0 aromatic rings. The zero-order valence-electron chi connectivity index (χ0n) is 12.6. The van der Waals surface area contributed by atoms with Crippen LogP contribution in [0, 0.1) is 0 Å². The molecule has 0 radical (unpaired) electrons. The maximum Gasteiger partial charge on any atom is 0.186 e. The minimum atomic E-state index is -0.581. The Labute approximate surface area is 120 Å². The van der Waals surface area contributed by atoms with Crippen molar-refractivity contribution in [2.24, 2.45) is 0 Å². The highest BCUT2D eigenvalue weighted by atomic mass is 16.7. The molecule has 120 valence electrons. The fraction of sp³-hybridized carbons (Fsp3) is 1.00. The molecule has 7 nitrogen and oxygen atoms in total. The molecule has 1 N–H and O–H groups in total. The Kier molecular flexibility index (Phi) is 8.55. The molecule has 1 fully saturated rings. The number of rotatable bonds is 9. The van der Waals surface area contributed by atoms with Gasteiger partial charge in [-0.15, -0.1) is 0 Å². The highest BCUT2D eigenvalue weighted by Crippen LogP contribution is 2.28. The third-order valence-corrected chi connectivity index (χ3v) is 3.32. The van der Waals surface area contributed by atoms with Gasteiger partial charge >= 0.3 is 0 Å². The molecule has 1 heterocycles. The summed E-state index contributed by atoms with van der Waals surface area (Å²) in [6, 6.07) is 0. The average molecular weight is 294 g/mol. The first-order chi connectivity index (χ1) is 9.73. The molecule has 0 aromatic heterocycles. The highest BCUT2D eigenvalue weighted by Gasteiger charge is 2.47. The molecule has 5 atom stereocenters. The molecule has 7 heteroatoms. The Morgan fingerprint density at radius 3 is 2.10 bits per heavy atom. The Bertz CT molecular complexity index is 251. The van der Waals surface area contributed by atoms with Crippen LogP contribution in [0.15, 0.2) is 0 Å². The lowest BCUT2D eigenvalue weighted by atomic mass is 9.98. The number of hydrogen-bond donors (Lipinski definition) is 1. The fourth-order valence-electron chi connectivity index (χ4n) is 2.38. The predicted octanol–water partition coefficient (Wildman–Crippen LogP) is -0.198. The summed E-state index contributed by atoms with van der Waals surface area (Å²) in [5.74, 6) is 0. The third-order valence-electron chi connectivity index (χ3n) is 3.32. The Hall–Kier alpha value is -0.280. The van der Waals surface area contributed by atoms with Gasteiger partial charge in [-0.25, -0.2) is 0 Å². The smallest absolute Gasteiger partial charge is 0.186 e. The Morgan fingerprint density at radius 2 is 1.60 bits per heavy atom. The van der Waals surface area contributed by atoms with E-state index in [9.17, 15) is 0 Å². The van der Waals surface area contributed by atoms with Gasteiger partial charge < -0.3 is 33.5 Å². The molecule has 0 aromatic carbocycles. The van der Waals surface area contributed by atoms with Crippen LogP contribution in [0.25, 0.3) is 0 Å². The van der Waals surface area contributed by atoms with Gasteiger partial charge in [0, 0.05) is 35.0 Å². The first-order valence-electron chi connectivity index (χ1n) is 6.68. The minimum absolute atomic E-state index is 0.0697. The van der Waals surface area contributed by atoms with Crippen molar-refractivity contribution in [1.29, 1.82) is 0 Å². The predicted molar refractivity (Wildman–Crippen MR) is 70.6 cm³/mol. The maximum atomic E-state index is 8.82. The summed E-state index contributed by atoms with van der Waals surface area (Å²) in [7, 11) is 6.37. The van der Waals surface area contributed by atoms with Crippen molar-refractivity contribution < 1.29 is 33.5 Å². The van der Waals surface area contributed by atoms with Crippen molar-refractivity contribution in [3.63, 3.8) is 0 Å². The molecule has 0 saturated carbocycles. The largest absolute Gasteiger partial charge is 0.396 e. The van der Waals surface area contributed by atoms with Crippen LogP contribution in [0.3, 0.4) is 0 Å². The Balaban J connectivity index is 2.77. The first kappa shape index (κ1) is 17.8. The summed E-state index contributed by atoms with van der Waals surface area (Å²) in [5.41, 5.74) is 0. The number of aliphatic hydroxyl groups is 1. The van der Waals surface area contributed by atoms with E-state index in [0.29, 0.717) is 19.6 Å². The summed E-state index contributed by atoms with van der Waals surface area (Å²) < 4.78 is 33.0. The van der Waals surface area contributed by atoms with E-state index < -0.39 is 12.4 Å². The van der Waals surface area contributed by atoms with Gasteiger partial charge in [0.2, 0.25) is 0 Å². The molecule has 1 aliphatic heterocycles. The zero-order valence-corrected chi connectivity index (χ0v) is 12.6. The van der Waals surface area contributed by atoms with Gasteiger partial charge in [-0.3, -0.25) is 0 Å². The van der Waals surface area contributed by atoms with E-state index in [1.54, 1.807) is 28.4 Å². The van der Waals surface area contributed by atoms with Crippen molar-refractivity contribution in [2.75, 3.05) is 48.3 Å². The van der Waals surface area contributed by atoms with Gasteiger partial charge in [-0.2, -0.15) is 0 Å². The molecular weight excluding hydrogens is 268 g/mol. The summed E-state index contributed by atoms with van der Waals surface area (Å²) in [6.45, 7) is 0.823. The van der Waals surface area contributed by atoms with Crippen molar-refractivity contribution in [3.05, 3.63) is 0 Å².